The first kappa shape index (κ1) is 12.6. The molecule has 13 heavy (non-hydrogen) atoms. The predicted molar refractivity (Wildman–Crippen MR) is 56.2 cm³/mol. The third-order valence-corrected chi connectivity index (χ3v) is 2.15. The van der Waals surface area contributed by atoms with Gasteiger partial charge in [0.15, 0.2) is 0 Å². The summed E-state index contributed by atoms with van der Waals surface area (Å²) < 4.78 is 5.16. The van der Waals surface area contributed by atoms with Crippen LogP contribution in [-0.4, -0.2) is 19.3 Å². The monoisotopic (exact) mass is 186 g/mol. The lowest BCUT2D eigenvalue weighted by Gasteiger charge is -2.17. The summed E-state index contributed by atoms with van der Waals surface area (Å²) in [6.45, 7) is 7.95. The van der Waals surface area contributed by atoms with Gasteiger partial charge in [0.1, 0.15) is 0 Å². The number of nitrogens with one attached hydrogen (secondary N) is 1. The molecule has 0 heterocycles. The Morgan fingerprint density at radius 3 is 2.54 bits per heavy atom. The van der Waals surface area contributed by atoms with Crippen molar-refractivity contribution in [1.82, 2.24) is 5.43 Å². The molecule has 3 nitrogen and oxygen atoms in total. The van der Waals surface area contributed by atoms with Crippen molar-refractivity contribution < 1.29 is 4.74 Å². The molecule has 0 aromatic heterocycles. The minimum Gasteiger partial charge on any atom is -0.382 e. The molecular weight excluding hydrogens is 164 g/mol. The first-order valence-electron chi connectivity index (χ1n) is 4.73. The number of hydrazine groups is 1. The summed E-state index contributed by atoms with van der Waals surface area (Å²) in [5.41, 5.74) is 3.96. The van der Waals surface area contributed by atoms with Crippen LogP contribution in [0, 0.1) is 0 Å². The van der Waals surface area contributed by atoms with Crippen molar-refractivity contribution in [3.8, 4) is 0 Å². The van der Waals surface area contributed by atoms with E-state index in [1.54, 1.807) is 7.11 Å². The van der Waals surface area contributed by atoms with Crippen molar-refractivity contribution in [3.63, 3.8) is 0 Å². The van der Waals surface area contributed by atoms with Gasteiger partial charge in [0.05, 0.1) is 6.10 Å². The van der Waals surface area contributed by atoms with E-state index in [9.17, 15) is 0 Å². The summed E-state index contributed by atoms with van der Waals surface area (Å²) in [6.07, 6.45) is 3.30. The lowest BCUT2D eigenvalue weighted by molar-refractivity contribution is 0.106. The van der Waals surface area contributed by atoms with Gasteiger partial charge in [-0.2, -0.15) is 0 Å². The van der Waals surface area contributed by atoms with Gasteiger partial charge in [0.25, 0.3) is 0 Å². The molecule has 2 unspecified atom stereocenters. The van der Waals surface area contributed by atoms with E-state index in [0.29, 0.717) is 12.1 Å². The van der Waals surface area contributed by atoms with Crippen LogP contribution in [0.4, 0.5) is 0 Å². The quantitative estimate of drug-likeness (QED) is 0.361. The third-order valence-electron chi connectivity index (χ3n) is 2.15. The second-order valence-electron chi connectivity index (χ2n) is 3.65. The van der Waals surface area contributed by atoms with Gasteiger partial charge in [-0.1, -0.05) is 5.57 Å². The molecule has 0 bridgehead atoms. The molecule has 0 aromatic rings. The van der Waals surface area contributed by atoms with Crippen LogP contribution < -0.4 is 11.3 Å². The van der Waals surface area contributed by atoms with E-state index in [2.05, 4.69) is 18.9 Å². The van der Waals surface area contributed by atoms with Crippen LogP contribution in [0.3, 0.4) is 0 Å². The highest BCUT2D eigenvalue weighted by Crippen LogP contribution is 2.09. The van der Waals surface area contributed by atoms with Gasteiger partial charge in [0, 0.05) is 13.2 Å². The van der Waals surface area contributed by atoms with E-state index >= 15 is 0 Å². The Morgan fingerprint density at radius 2 is 2.15 bits per heavy atom. The molecule has 0 saturated heterocycles. The zero-order chi connectivity index (χ0) is 10.3. The summed E-state index contributed by atoms with van der Waals surface area (Å²) in [4.78, 5) is 0. The topological polar surface area (TPSA) is 47.3 Å². The Bertz CT molecular complexity index is 148. The molecule has 0 saturated carbocycles. The summed E-state index contributed by atoms with van der Waals surface area (Å²) in [7, 11) is 1.73. The molecule has 0 rings (SSSR count). The number of hydrogen-bond acceptors (Lipinski definition) is 3. The van der Waals surface area contributed by atoms with Crippen molar-refractivity contribution in [2.24, 2.45) is 5.84 Å². The SMILES string of the molecule is C=C(C)CC(CCC(C)OC)NN. The maximum absolute atomic E-state index is 5.42. The van der Waals surface area contributed by atoms with Crippen LogP contribution in [-0.2, 0) is 4.74 Å². The molecule has 0 aromatic carbocycles. The van der Waals surface area contributed by atoms with E-state index < -0.39 is 0 Å². The van der Waals surface area contributed by atoms with E-state index in [0.717, 1.165) is 24.8 Å². The van der Waals surface area contributed by atoms with Gasteiger partial charge in [-0.3, -0.25) is 11.3 Å². The average molecular weight is 186 g/mol. The fraction of sp³-hybridized carbons (Fsp3) is 0.800. The molecule has 0 amide bonds. The van der Waals surface area contributed by atoms with Gasteiger partial charge in [-0.15, -0.1) is 6.58 Å². The van der Waals surface area contributed by atoms with Crippen LogP contribution in [0.15, 0.2) is 12.2 Å². The van der Waals surface area contributed by atoms with Gasteiger partial charge in [-0.05, 0) is 33.1 Å². The van der Waals surface area contributed by atoms with E-state index in [1.165, 1.54) is 0 Å². The Balaban J connectivity index is 3.65. The average Bonchev–Trinajstić information content (AvgIpc) is 2.10. The van der Waals surface area contributed by atoms with Gasteiger partial charge in [0.2, 0.25) is 0 Å². The number of ether oxygens (including phenoxy) is 1. The zero-order valence-corrected chi connectivity index (χ0v) is 8.97. The van der Waals surface area contributed by atoms with Crippen molar-refractivity contribution >= 4 is 0 Å². The maximum Gasteiger partial charge on any atom is 0.0543 e. The van der Waals surface area contributed by atoms with Gasteiger partial charge < -0.3 is 4.74 Å². The number of hydrogen-bond donors (Lipinski definition) is 2. The van der Waals surface area contributed by atoms with Crippen LogP contribution in [0.2, 0.25) is 0 Å². The number of rotatable bonds is 7. The summed E-state index contributed by atoms with van der Waals surface area (Å²) in [6, 6.07) is 0.329. The Hall–Kier alpha value is -0.380. The van der Waals surface area contributed by atoms with Crippen LogP contribution in [0.1, 0.15) is 33.1 Å². The standard InChI is InChI=1S/C10H22N2O/c1-8(2)7-10(12-11)6-5-9(3)13-4/h9-10,12H,1,5-7,11H2,2-4H3. The highest BCUT2D eigenvalue weighted by atomic mass is 16.5. The van der Waals surface area contributed by atoms with Crippen LogP contribution in [0.5, 0.6) is 0 Å². The molecule has 0 spiro atoms. The number of methoxy groups -OCH3 is 1. The van der Waals surface area contributed by atoms with Crippen molar-refractivity contribution in [2.75, 3.05) is 7.11 Å². The summed E-state index contributed by atoms with van der Waals surface area (Å²) >= 11 is 0. The summed E-state index contributed by atoms with van der Waals surface area (Å²) in [5.74, 6) is 5.42. The van der Waals surface area contributed by atoms with E-state index in [4.69, 9.17) is 10.6 Å². The molecule has 2 atom stereocenters. The molecule has 0 aliphatic rings. The van der Waals surface area contributed by atoms with Crippen molar-refractivity contribution in [1.29, 1.82) is 0 Å². The van der Waals surface area contributed by atoms with Crippen molar-refractivity contribution in [3.05, 3.63) is 12.2 Å². The highest BCUT2D eigenvalue weighted by Gasteiger charge is 2.08. The molecule has 0 radical (unpaired) electrons. The molecule has 0 aliphatic carbocycles. The zero-order valence-electron chi connectivity index (χ0n) is 8.97. The van der Waals surface area contributed by atoms with E-state index in [1.807, 2.05) is 6.92 Å². The first-order chi connectivity index (χ1) is 6.10. The lowest BCUT2D eigenvalue weighted by Crippen LogP contribution is -2.35. The minimum atomic E-state index is 0.306. The third kappa shape index (κ3) is 6.75. The van der Waals surface area contributed by atoms with Crippen LogP contribution in [0.25, 0.3) is 0 Å². The Labute approximate surface area is 81.3 Å². The fourth-order valence-electron chi connectivity index (χ4n) is 1.22. The summed E-state index contributed by atoms with van der Waals surface area (Å²) in [5, 5.41) is 0. The molecule has 3 heteroatoms. The second-order valence-corrected chi connectivity index (χ2v) is 3.65. The highest BCUT2D eigenvalue weighted by molar-refractivity contribution is 4.92. The predicted octanol–water partition coefficient (Wildman–Crippen LogP) is 1.60. The van der Waals surface area contributed by atoms with Gasteiger partial charge >= 0.3 is 0 Å². The maximum atomic E-state index is 5.42. The molecular formula is C10H22N2O. The first-order valence-corrected chi connectivity index (χ1v) is 4.73. The fourth-order valence-corrected chi connectivity index (χ4v) is 1.22. The van der Waals surface area contributed by atoms with Crippen LogP contribution >= 0.6 is 0 Å². The second kappa shape index (κ2) is 7.06. The largest absolute Gasteiger partial charge is 0.382 e. The normalized spacial score (nSPS) is 15.4. The Kier molecular flexibility index (Phi) is 6.86. The van der Waals surface area contributed by atoms with Crippen molar-refractivity contribution in [2.45, 2.75) is 45.3 Å². The molecule has 78 valence electrons. The minimum absolute atomic E-state index is 0.306. The van der Waals surface area contributed by atoms with E-state index in [-0.39, 0.29) is 0 Å². The lowest BCUT2D eigenvalue weighted by atomic mass is 10.0. The molecule has 0 fully saturated rings. The molecule has 3 N–H and O–H groups in total. The van der Waals surface area contributed by atoms with Gasteiger partial charge in [-0.25, -0.2) is 0 Å². The Morgan fingerprint density at radius 1 is 1.54 bits per heavy atom. The number of nitrogens with two attached hydrogens (primary N) is 1. The molecule has 0 aliphatic heterocycles. The smallest absolute Gasteiger partial charge is 0.0543 e.